The zero-order valence-corrected chi connectivity index (χ0v) is 24.8. The molecule has 0 saturated heterocycles. The first-order valence-corrected chi connectivity index (χ1v) is 14.0. The van der Waals surface area contributed by atoms with Crippen LogP contribution in [-0.4, -0.2) is 189 Å². The summed E-state index contributed by atoms with van der Waals surface area (Å²) in [5.41, 5.74) is -8.70. The molecule has 0 unspecified atom stereocenters. The molecule has 0 radical (unpaired) electrons. The Morgan fingerprint density at radius 2 is 0.600 bits per heavy atom. The lowest BCUT2D eigenvalue weighted by Crippen LogP contribution is -2.60. The fourth-order valence-corrected chi connectivity index (χ4v) is 3.93. The maximum Gasteiger partial charge on any atom is 0.336 e. The summed E-state index contributed by atoms with van der Waals surface area (Å²) in [7, 11) is 0. The SMILES string of the molecule is O=c1n(C[C@H](O)CNC(CO)(CO)CO)c(=O)n(C[C@@H](O)CNC(CO)(CO)CO)c(=O)n1C[C@@H](O)CNC(CO)(CO)CO. The highest BCUT2D eigenvalue weighted by atomic mass is 16.3. The summed E-state index contributed by atoms with van der Waals surface area (Å²) < 4.78 is 1.27. The van der Waals surface area contributed by atoms with Crippen LogP contribution in [0, 0.1) is 0 Å². The number of hydrogen-bond acceptors (Lipinski definition) is 18. The van der Waals surface area contributed by atoms with E-state index in [1.807, 2.05) is 0 Å². The van der Waals surface area contributed by atoms with Gasteiger partial charge in [0.05, 0.1) is 114 Å². The molecular weight excluding hydrogens is 612 g/mol. The number of nitrogens with one attached hydrogen (secondary N) is 3. The van der Waals surface area contributed by atoms with Crippen LogP contribution >= 0.6 is 0 Å². The molecule has 1 aromatic heterocycles. The number of hydrogen-bond donors (Lipinski definition) is 15. The Labute approximate surface area is 256 Å². The van der Waals surface area contributed by atoms with E-state index in [1.54, 1.807) is 0 Å². The minimum atomic E-state index is -1.61. The van der Waals surface area contributed by atoms with E-state index < -0.39 is 151 Å². The van der Waals surface area contributed by atoms with Gasteiger partial charge in [0.15, 0.2) is 0 Å². The molecule has 1 aromatic rings. The zero-order chi connectivity index (χ0) is 34.4. The second-order valence-corrected chi connectivity index (χ2v) is 11.0. The number of aromatic nitrogens is 3. The number of aliphatic hydroxyl groups excluding tert-OH is 12. The van der Waals surface area contributed by atoms with Crippen molar-refractivity contribution in [3.8, 4) is 0 Å². The Balaban J connectivity index is 3.46. The lowest BCUT2D eigenvalue weighted by atomic mass is 10.0. The van der Waals surface area contributed by atoms with Crippen LogP contribution in [0.4, 0.5) is 0 Å². The van der Waals surface area contributed by atoms with Gasteiger partial charge in [0.2, 0.25) is 0 Å². The van der Waals surface area contributed by atoms with Gasteiger partial charge in [-0.25, -0.2) is 28.1 Å². The summed E-state index contributed by atoms with van der Waals surface area (Å²) >= 11 is 0. The van der Waals surface area contributed by atoms with Gasteiger partial charge in [-0.15, -0.1) is 0 Å². The Bertz CT molecular complexity index is 981. The van der Waals surface area contributed by atoms with Gasteiger partial charge in [0, 0.05) is 19.6 Å². The molecule has 45 heavy (non-hydrogen) atoms. The average molecular weight is 661 g/mol. The number of nitrogens with zero attached hydrogens (tertiary/aromatic N) is 3. The lowest BCUT2D eigenvalue weighted by Gasteiger charge is -2.30. The Kier molecular flexibility index (Phi) is 17.1. The van der Waals surface area contributed by atoms with Crippen LogP contribution in [0.2, 0.25) is 0 Å². The van der Waals surface area contributed by atoms with Crippen LogP contribution in [0.25, 0.3) is 0 Å². The smallest absolute Gasteiger partial charge is 0.336 e. The van der Waals surface area contributed by atoms with Gasteiger partial charge in [-0.3, -0.25) is 0 Å². The van der Waals surface area contributed by atoms with Crippen molar-refractivity contribution in [2.75, 3.05) is 79.1 Å². The standard InChI is InChI=1S/C24H48N6O15/c31-7-22(8-32,9-33)25-1-16(40)4-28-19(43)29(5-17(41)2-26-23(10-34,11-35)12-36)21(45)30(20(28)44)6-18(42)3-27-24(13-37,14-38)15-39/h16-18,25-27,31-42H,1-15H2/t16-,17-,18+/m0/s1. The molecule has 0 bridgehead atoms. The van der Waals surface area contributed by atoms with Gasteiger partial charge in [-0.1, -0.05) is 0 Å². The molecule has 21 nitrogen and oxygen atoms in total. The summed E-state index contributed by atoms with van der Waals surface area (Å²) in [6, 6.07) is 0. The van der Waals surface area contributed by atoms with Crippen molar-refractivity contribution in [2.24, 2.45) is 0 Å². The van der Waals surface area contributed by atoms with Crippen LogP contribution in [0.1, 0.15) is 0 Å². The third-order valence-electron chi connectivity index (χ3n) is 7.43. The molecule has 3 atom stereocenters. The van der Waals surface area contributed by atoms with Crippen molar-refractivity contribution in [1.29, 1.82) is 0 Å². The second kappa shape index (κ2) is 18.8. The molecule has 0 saturated carbocycles. The number of β-amino-alcohol motifs (C(OH)–C–C–N with tert-alkyl or cyclic N) is 3. The van der Waals surface area contributed by atoms with Gasteiger partial charge in [-0.2, -0.15) is 0 Å². The molecular formula is C24H48N6O15. The van der Waals surface area contributed by atoms with Crippen LogP contribution < -0.4 is 33.0 Å². The van der Waals surface area contributed by atoms with Crippen molar-refractivity contribution in [3.05, 3.63) is 31.5 Å². The predicted octanol–water partition coefficient (Wildman–Crippen LogP) is -10.8. The molecule has 0 aliphatic carbocycles. The molecule has 1 heterocycles. The van der Waals surface area contributed by atoms with Crippen molar-refractivity contribution >= 4 is 0 Å². The van der Waals surface area contributed by atoms with Crippen LogP contribution in [-0.2, 0) is 19.6 Å². The van der Waals surface area contributed by atoms with E-state index in [0.717, 1.165) is 0 Å². The highest BCUT2D eigenvalue weighted by molar-refractivity contribution is 4.90. The third-order valence-corrected chi connectivity index (χ3v) is 7.43. The second-order valence-electron chi connectivity index (χ2n) is 11.0. The quantitative estimate of drug-likeness (QED) is 0.0489. The fourth-order valence-electron chi connectivity index (χ4n) is 3.93. The van der Waals surface area contributed by atoms with Gasteiger partial charge < -0.3 is 77.2 Å². The van der Waals surface area contributed by atoms with Gasteiger partial charge in [0.25, 0.3) is 0 Å². The largest absolute Gasteiger partial charge is 0.394 e. The third kappa shape index (κ3) is 10.7. The normalized spacial score (nSPS) is 14.9. The molecule has 1 rings (SSSR count). The topological polar surface area (TPSA) is 345 Å². The van der Waals surface area contributed by atoms with Crippen molar-refractivity contribution in [2.45, 2.75) is 54.6 Å². The van der Waals surface area contributed by atoms with Crippen LogP contribution in [0.15, 0.2) is 14.4 Å². The molecule has 21 heteroatoms. The monoisotopic (exact) mass is 660 g/mol. The molecule has 0 fully saturated rings. The summed E-state index contributed by atoms with van der Waals surface area (Å²) in [6.07, 6.45) is -4.76. The van der Waals surface area contributed by atoms with Crippen molar-refractivity contribution in [3.63, 3.8) is 0 Å². The van der Waals surface area contributed by atoms with Crippen molar-refractivity contribution in [1.82, 2.24) is 29.7 Å². The van der Waals surface area contributed by atoms with E-state index >= 15 is 0 Å². The molecule has 0 aromatic carbocycles. The first kappa shape index (κ1) is 40.8. The first-order chi connectivity index (χ1) is 21.2. The van der Waals surface area contributed by atoms with E-state index in [4.69, 9.17) is 0 Å². The molecule has 0 aliphatic heterocycles. The van der Waals surface area contributed by atoms with Gasteiger partial charge >= 0.3 is 17.1 Å². The van der Waals surface area contributed by atoms with Crippen LogP contribution in [0.3, 0.4) is 0 Å². The Morgan fingerprint density at radius 1 is 0.422 bits per heavy atom. The minimum absolute atomic E-state index is 0.422. The predicted molar refractivity (Wildman–Crippen MR) is 153 cm³/mol. The Hall–Kier alpha value is -2.19. The van der Waals surface area contributed by atoms with E-state index in [0.29, 0.717) is 13.7 Å². The molecule has 0 amide bonds. The van der Waals surface area contributed by atoms with E-state index in [1.165, 1.54) is 0 Å². The highest BCUT2D eigenvalue weighted by Crippen LogP contribution is 2.04. The summed E-state index contributed by atoms with van der Waals surface area (Å²) in [4.78, 5) is 39.9. The highest BCUT2D eigenvalue weighted by Gasteiger charge is 2.31. The molecule has 264 valence electrons. The van der Waals surface area contributed by atoms with Crippen LogP contribution in [0.5, 0.6) is 0 Å². The van der Waals surface area contributed by atoms with Gasteiger partial charge in [0.1, 0.15) is 0 Å². The van der Waals surface area contributed by atoms with Gasteiger partial charge in [-0.05, 0) is 0 Å². The summed E-state index contributed by atoms with van der Waals surface area (Å²) in [5.74, 6) is 0. The lowest BCUT2D eigenvalue weighted by molar-refractivity contribution is 0.0288. The number of rotatable bonds is 24. The average Bonchev–Trinajstić information content (AvgIpc) is 3.06. The maximum absolute atomic E-state index is 13.3. The maximum atomic E-state index is 13.3. The Morgan fingerprint density at radius 3 is 0.756 bits per heavy atom. The molecule has 0 spiro atoms. The van der Waals surface area contributed by atoms with Crippen molar-refractivity contribution < 1.29 is 61.3 Å². The van der Waals surface area contributed by atoms with E-state index in [9.17, 15) is 75.7 Å². The van der Waals surface area contributed by atoms with E-state index in [2.05, 4.69) is 16.0 Å². The minimum Gasteiger partial charge on any atom is -0.394 e. The fraction of sp³-hybridized carbons (Fsp3) is 0.875. The zero-order valence-electron chi connectivity index (χ0n) is 24.8. The van der Waals surface area contributed by atoms with E-state index in [-0.39, 0.29) is 0 Å². The molecule has 0 aliphatic rings. The summed E-state index contributed by atoms with van der Waals surface area (Å²) in [6.45, 7) is -10.4. The molecule has 15 N–H and O–H groups in total. The first-order valence-electron chi connectivity index (χ1n) is 14.0. The number of aliphatic hydroxyl groups is 12. The summed E-state index contributed by atoms with van der Waals surface area (Å²) in [5, 5.41) is 125.